The number of aliphatic hydroxyl groups is 1. The highest BCUT2D eigenvalue weighted by Crippen LogP contribution is 2.22. The number of aromatic nitrogens is 1. The Kier molecular flexibility index (Phi) is 5.36. The molecule has 2 rings (SSSR count). The zero-order valence-corrected chi connectivity index (χ0v) is 14.3. The highest BCUT2D eigenvalue weighted by atomic mass is 32.1. The Morgan fingerprint density at radius 3 is 2.73 bits per heavy atom. The van der Waals surface area contributed by atoms with Crippen molar-refractivity contribution in [2.24, 2.45) is 0 Å². The lowest BCUT2D eigenvalue weighted by molar-refractivity contribution is 0.143. The van der Waals surface area contributed by atoms with E-state index in [1.165, 1.54) is 4.88 Å². The fraction of sp³-hybridized carbons (Fsp3) is 0.389. The van der Waals surface area contributed by atoms with Crippen LogP contribution in [0.5, 0.6) is 0 Å². The van der Waals surface area contributed by atoms with E-state index >= 15 is 0 Å². The number of thiophene rings is 1. The van der Waals surface area contributed by atoms with Gasteiger partial charge in [-0.15, -0.1) is 11.3 Å². The molecule has 0 amide bonds. The van der Waals surface area contributed by atoms with Crippen LogP contribution in [0.1, 0.15) is 42.3 Å². The van der Waals surface area contributed by atoms with Crippen molar-refractivity contribution in [1.82, 2.24) is 9.88 Å². The van der Waals surface area contributed by atoms with Crippen LogP contribution in [0, 0.1) is 11.8 Å². The summed E-state index contributed by atoms with van der Waals surface area (Å²) in [5.41, 5.74) is 0.123. The molecule has 0 aliphatic heterocycles. The highest BCUT2D eigenvalue weighted by molar-refractivity contribution is 7.12. The molecule has 1 atom stereocenters. The minimum absolute atomic E-state index is 0.259. The van der Waals surface area contributed by atoms with Crippen molar-refractivity contribution < 1.29 is 5.11 Å². The Morgan fingerprint density at radius 2 is 2.09 bits per heavy atom. The molecule has 4 heteroatoms. The molecular formula is C18H22N2OS. The molecule has 0 aliphatic rings. The Bertz CT molecular complexity index is 662. The first-order valence-corrected chi connectivity index (χ1v) is 8.12. The van der Waals surface area contributed by atoms with Crippen LogP contribution in [-0.4, -0.2) is 27.6 Å². The van der Waals surface area contributed by atoms with E-state index in [9.17, 15) is 5.11 Å². The van der Waals surface area contributed by atoms with Crippen molar-refractivity contribution in [1.29, 1.82) is 0 Å². The van der Waals surface area contributed by atoms with Crippen molar-refractivity contribution in [2.45, 2.75) is 39.0 Å². The van der Waals surface area contributed by atoms with Gasteiger partial charge in [0.05, 0.1) is 10.6 Å². The van der Waals surface area contributed by atoms with E-state index in [1.54, 1.807) is 25.2 Å². The van der Waals surface area contributed by atoms with E-state index in [1.807, 2.05) is 24.4 Å². The molecule has 0 saturated carbocycles. The lowest BCUT2D eigenvalue weighted by atomic mass is 10.1. The normalized spacial score (nSPS) is 12.8. The first-order valence-electron chi connectivity index (χ1n) is 7.30. The van der Waals surface area contributed by atoms with E-state index < -0.39 is 5.60 Å². The van der Waals surface area contributed by atoms with Gasteiger partial charge in [-0.05, 0) is 52.1 Å². The lowest BCUT2D eigenvalue weighted by Gasteiger charge is -2.23. The van der Waals surface area contributed by atoms with Gasteiger partial charge in [0.15, 0.2) is 0 Å². The average Bonchev–Trinajstić information content (AvgIpc) is 2.92. The van der Waals surface area contributed by atoms with Gasteiger partial charge in [0, 0.05) is 23.7 Å². The van der Waals surface area contributed by atoms with Gasteiger partial charge in [0.2, 0.25) is 0 Å². The van der Waals surface area contributed by atoms with Crippen LogP contribution in [0.15, 0.2) is 36.5 Å². The second-order valence-electron chi connectivity index (χ2n) is 5.92. The molecule has 0 spiro atoms. The first-order chi connectivity index (χ1) is 10.3. The summed E-state index contributed by atoms with van der Waals surface area (Å²) in [6.45, 7) is 6.39. The van der Waals surface area contributed by atoms with Crippen LogP contribution < -0.4 is 0 Å². The third-order valence-corrected chi connectivity index (χ3v) is 4.32. The van der Waals surface area contributed by atoms with Crippen molar-refractivity contribution >= 4 is 11.3 Å². The summed E-state index contributed by atoms with van der Waals surface area (Å²) in [4.78, 5) is 8.92. The Hall–Kier alpha value is -1.67. The highest BCUT2D eigenvalue weighted by Gasteiger charge is 2.13. The van der Waals surface area contributed by atoms with Gasteiger partial charge in [-0.1, -0.05) is 17.9 Å². The number of pyridine rings is 1. The summed E-state index contributed by atoms with van der Waals surface area (Å²) >= 11 is 1.67. The standard InChI is InChI=1S/C18H22N2OS/c1-14(17-7-5-6-12-19-17)20(4)13-16-9-8-15(22-16)10-11-18(2,3)21/h5-9,12,14,21H,13H2,1-4H3/t14-/m1/s1. The molecule has 2 aromatic rings. The minimum atomic E-state index is -0.950. The number of rotatable bonds is 4. The maximum Gasteiger partial charge on any atom is 0.120 e. The van der Waals surface area contributed by atoms with Gasteiger partial charge in [-0.2, -0.15) is 0 Å². The molecule has 2 aromatic heterocycles. The van der Waals surface area contributed by atoms with E-state index in [4.69, 9.17) is 0 Å². The molecule has 0 bridgehead atoms. The second kappa shape index (κ2) is 7.06. The van der Waals surface area contributed by atoms with Crippen LogP contribution in [0.3, 0.4) is 0 Å². The second-order valence-corrected chi connectivity index (χ2v) is 7.09. The molecule has 0 aliphatic carbocycles. The molecule has 116 valence electrons. The molecule has 22 heavy (non-hydrogen) atoms. The summed E-state index contributed by atoms with van der Waals surface area (Å²) in [7, 11) is 2.10. The first kappa shape index (κ1) is 16.7. The summed E-state index contributed by atoms with van der Waals surface area (Å²) in [5.74, 6) is 5.87. The Labute approximate surface area is 136 Å². The molecule has 1 N–H and O–H groups in total. The van der Waals surface area contributed by atoms with Gasteiger partial charge in [0.1, 0.15) is 5.60 Å². The van der Waals surface area contributed by atoms with Crippen LogP contribution in [0.4, 0.5) is 0 Å². The summed E-state index contributed by atoms with van der Waals surface area (Å²) in [6.07, 6.45) is 1.83. The zero-order valence-electron chi connectivity index (χ0n) is 13.5. The fourth-order valence-electron chi connectivity index (χ4n) is 1.98. The zero-order chi connectivity index (χ0) is 16.2. The Balaban J connectivity index is 2.02. The van der Waals surface area contributed by atoms with Crippen LogP contribution >= 0.6 is 11.3 Å². The third-order valence-electron chi connectivity index (χ3n) is 3.34. The van der Waals surface area contributed by atoms with Gasteiger partial charge in [-0.3, -0.25) is 9.88 Å². The number of nitrogens with zero attached hydrogens (tertiary/aromatic N) is 2. The molecule has 0 aromatic carbocycles. The van der Waals surface area contributed by atoms with Crippen molar-refractivity contribution in [3.8, 4) is 11.8 Å². The quantitative estimate of drug-likeness (QED) is 0.878. The molecule has 3 nitrogen and oxygen atoms in total. The predicted octanol–water partition coefficient (Wildman–Crippen LogP) is 3.46. The van der Waals surface area contributed by atoms with Crippen LogP contribution in [-0.2, 0) is 6.54 Å². The van der Waals surface area contributed by atoms with Gasteiger partial charge in [-0.25, -0.2) is 0 Å². The van der Waals surface area contributed by atoms with Crippen molar-refractivity contribution in [2.75, 3.05) is 7.05 Å². The largest absolute Gasteiger partial charge is 0.378 e. The van der Waals surface area contributed by atoms with E-state index in [2.05, 4.69) is 47.8 Å². The monoisotopic (exact) mass is 314 g/mol. The molecule has 0 unspecified atom stereocenters. The average molecular weight is 314 g/mol. The van der Waals surface area contributed by atoms with Crippen LogP contribution in [0.25, 0.3) is 0 Å². The smallest absolute Gasteiger partial charge is 0.120 e. The maximum absolute atomic E-state index is 9.65. The molecule has 0 radical (unpaired) electrons. The molecule has 0 saturated heterocycles. The van der Waals surface area contributed by atoms with E-state index in [0.717, 1.165) is 17.1 Å². The molecule has 0 fully saturated rings. The van der Waals surface area contributed by atoms with E-state index in [-0.39, 0.29) is 6.04 Å². The summed E-state index contributed by atoms with van der Waals surface area (Å²) in [6, 6.07) is 10.4. The molecule has 2 heterocycles. The van der Waals surface area contributed by atoms with Gasteiger partial charge in [0.25, 0.3) is 0 Å². The van der Waals surface area contributed by atoms with E-state index in [0.29, 0.717) is 0 Å². The fourth-order valence-corrected chi connectivity index (χ4v) is 2.90. The molecular weight excluding hydrogens is 292 g/mol. The lowest BCUT2D eigenvalue weighted by Crippen LogP contribution is -2.22. The van der Waals surface area contributed by atoms with Gasteiger partial charge < -0.3 is 5.11 Å². The number of hydrogen-bond donors (Lipinski definition) is 1. The van der Waals surface area contributed by atoms with Crippen LogP contribution in [0.2, 0.25) is 0 Å². The van der Waals surface area contributed by atoms with Crippen molar-refractivity contribution in [3.63, 3.8) is 0 Å². The Morgan fingerprint density at radius 1 is 1.32 bits per heavy atom. The van der Waals surface area contributed by atoms with Gasteiger partial charge >= 0.3 is 0 Å². The predicted molar refractivity (Wildman–Crippen MR) is 91.6 cm³/mol. The van der Waals surface area contributed by atoms with Crippen molar-refractivity contribution in [3.05, 3.63) is 52.0 Å². The summed E-state index contributed by atoms with van der Waals surface area (Å²) < 4.78 is 0. The topological polar surface area (TPSA) is 36.4 Å². The summed E-state index contributed by atoms with van der Waals surface area (Å²) in [5, 5.41) is 9.65. The maximum atomic E-state index is 9.65. The SMILES string of the molecule is C[C@H](c1ccccn1)N(C)Cc1ccc(C#CC(C)(C)O)s1. The number of hydrogen-bond acceptors (Lipinski definition) is 4. The third kappa shape index (κ3) is 4.96. The minimum Gasteiger partial charge on any atom is -0.378 e.